The summed E-state index contributed by atoms with van der Waals surface area (Å²) < 4.78 is 29.1. The molecule has 8 heteroatoms. The molecule has 0 saturated heterocycles. The molecule has 0 aliphatic rings. The van der Waals surface area contributed by atoms with Gasteiger partial charge >= 0.3 is 5.69 Å². The molecule has 1 amide bonds. The van der Waals surface area contributed by atoms with Crippen LogP contribution >= 0.6 is 0 Å². The van der Waals surface area contributed by atoms with Gasteiger partial charge in [0.25, 0.3) is 11.5 Å². The minimum absolute atomic E-state index is 0.131. The van der Waals surface area contributed by atoms with E-state index < -0.39 is 28.8 Å². The molecule has 1 N–H and O–H groups in total. The van der Waals surface area contributed by atoms with Crippen molar-refractivity contribution < 1.29 is 13.6 Å². The summed E-state index contributed by atoms with van der Waals surface area (Å²) in [7, 11) is 0. The fourth-order valence-electron chi connectivity index (χ4n) is 2.78. The van der Waals surface area contributed by atoms with Crippen molar-refractivity contribution in [1.82, 2.24) is 9.13 Å². The van der Waals surface area contributed by atoms with Gasteiger partial charge in [-0.2, -0.15) is 0 Å². The van der Waals surface area contributed by atoms with Gasteiger partial charge in [-0.1, -0.05) is 6.07 Å². The summed E-state index contributed by atoms with van der Waals surface area (Å²) in [5, 5.41) is 2.47. The second kappa shape index (κ2) is 7.83. The van der Waals surface area contributed by atoms with Crippen molar-refractivity contribution in [2.45, 2.75) is 26.8 Å². The first-order valence-electron chi connectivity index (χ1n) is 8.90. The van der Waals surface area contributed by atoms with Crippen LogP contribution in [0.4, 0.5) is 14.5 Å². The van der Waals surface area contributed by atoms with E-state index in [4.69, 9.17) is 0 Å². The highest BCUT2D eigenvalue weighted by molar-refractivity contribution is 6.03. The molecule has 0 aliphatic carbocycles. The maximum Gasteiger partial charge on any atom is 0.335 e. The number of nitrogens with one attached hydrogen (secondary N) is 1. The SMILES string of the molecule is Cc1ccc(NC(=O)c2cn(C(C)C)c(=O)n(-c3ccc(F)cc3)c2=O)cc1F. The zero-order valence-corrected chi connectivity index (χ0v) is 16.1. The minimum Gasteiger partial charge on any atom is -0.322 e. The zero-order valence-electron chi connectivity index (χ0n) is 16.1. The van der Waals surface area contributed by atoms with E-state index in [0.717, 1.165) is 22.8 Å². The van der Waals surface area contributed by atoms with Gasteiger partial charge in [-0.15, -0.1) is 0 Å². The average molecular weight is 399 g/mol. The quantitative estimate of drug-likeness (QED) is 0.731. The predicted molar refractivity (Wildman–Crippen MR) is 106 cm³/mol. The molecule has 6 nitrogen and oxygen atoms in total. The molecule has 0 unspecified atom stereocenters. The zero-order chi connectivity index (χ0) is 21.3. The minimum atomic E-state index is -0.858. The molecule has 29 heavy (non-hydrogen) atoms. The van der Waals surface area contributed by atoms with E-state index in [0.29, 0.717) is 5.56 Å². The second-order valence-corrected chi connectivity index (χ2v) is 6.86. The van der Waals surface area contributed by atoms with Gasteiger partial charge in [-0.05, 0) is 62.7 Å². The van der Waals surface area contributed by atoms with E-state index in [-0.39, 0.29) is 23.0 Å². The third-order valence-corrected chi connectivity index (χ3v) is 4.43. The highest BCUT2D eigenvalue weighted by atomic mass is 19.1. The number of anilines is 1. The van der Waals surface area contributed by atoms with Crippen molar-refractivity contribution in [3.05, 3.63) is 92.3 Å². The van der Waals surface area contributed by atoms with Crippen molar-refractivity contribution in [2.75, 3.05) is 5.32 Å². The number of carbonyl (C=O) groups is 1. The van der Waals surface area contributed by atoms with Crippen LogP contribution in [-0.4, -0.2) is 15.0 Å². The van der Waals surface area contributed by atoms with Gasteiger partial charge in [-0.3, -0.25) is 14.2 Å². The molecule has 2 aromatic carbocycles. The normalized spacial score (nSPS) is 11.0. The van der Waals surface area contributed by atoms with Crippen LogP contribution in [0.2, 0.25) is 0 Å². The molecule has 1 aromatic heterocycles. The van der Waals surface area contributed by atoms with Crippen molar-refractivity contribution in [1.29, 1.82) is 0 Å². The molecular weight excluding hydrogens is 380 g/mol. The molecule has 0 spiro atoms. The largest absolute Gasteiger partial charge is 0.335 e. The van der Waals surface area contributed by atoms with Crippen LogP contribution in [0.3, 0.4) is 0 Å². The van der Waals surface area contributed by atoms with Gasteiger partial charge < -0.3 is 5.32 Å². The molecule has 0 bridgehead atoms. The van der Waals surface area contributed by atoms with Crippen LogP contribution in [0.25, 0.3) is 5.69 Å². The summed E-state index contributed by atoms with van der Waals surface area (Å²) >= 11 is 0. The number of aromatic nitrogens is 2. The van der Waals surface area contributed by atoms with E-state index in [9.17, 15) is 23.2 Å². The van der Waals surface area contributed by atoms with Crippen LogP contribution in [0.1, 0.15) is 35.8 Å². The summed E-state index contributed by atoms with van der Waals surface area (Å²) in [5.74, 6) is -1.82. The van der Waals surface area contributed by atoms with Crippen LogP contribution in [0.5, 0.6) is 0 Å². The maximum atomic E-state index is 13.8. The number of benzene rings is 2. The Morgan fingerprint density at radius 2 is 1.69 bits per heavy atom. The number of hydrogen-bond acceptors (Lipinski definition) is 3. The standard InChI is InChI=1S/C21H19F2N3O3/c1-12(2)25-11-17(19(27)24-15-7-4-13(3)18(23)10-15)20(28)26(21(25)29)16-8-5-14(22)6-9-16/h4-12H,1-3H3,(H,24,27). The summed E-state index contributed by atoms with van der Waals surface area (Å²) in [5.41, 5.74) is -1.10. The lowest BCUT2D eigenvalue weighted by Gasteiger charge is -2.15. The molecule has 3 rings (SSSR count). The van der Waals surface area contributed by atoms with E-state index in [1.165, 1.54) is 35.0 Å². The smallest absolute Gasteiger partial charge is 0.322 e. The number of hydrogen-bond donors (Lipinski definition) is 1. The van der Waals surface area contributed by atoms with Gasteiger partial charge in [0.1, 0.15) is 17.2 Å². The Labute approximate surface area is 165 Å². The number of rotatable bonds is 4. The topological polar surface area (TPSA) is 73.1 Å². The van der Waals surface area contributed by atoms with Crippen molar-refractivity contribution >= 4 is 11.6 Å². The first kappa shape index (κ1) is 20.2. The third kappa shape index (κ3) is 4.01. The monoisotopic (exact) mass is 399 g/mol. The summed E-state index contributed by atoms with van der Waals surface area (Å²) in [6, 6.07) is 8.58. The summed E-state index contributed by atoms with van der Waals surface area (Å²) in [4.78, 5) is 38.4. The number of halogens is 2. The maximum absolute atomic E-state index is 13.8. The molecule has 150 valence electrons. The fourth-order valence-corrected chi connectivity index (χ4v) is 2.78. The third-order valence-electron chi connectivity index (χ3n) is 4.43. The molecule has 1 heterocycles. The molecular formula is C21H19F2N3O3. The Morgan fingerprint density at radius 3 is 2.28 bits per heavy atom. The van der Waals surface area contributed by atoms with Gasteiger partial charge in [0.2, 0.25) is 0 Å². The molecule has 3 aromatic rings. The van der Waals surface area contributed by atoms with E-state index in [1.807, 2.05) is 0 Å². The number of nitrogens with zero attached hydrogens (tertiary/aromatic N) is 2. The lowest BCUT2D eigenvalue weighted by molar-refractivity contribution is 0.102. The summed E-state index contributed by atoms with van der Waals surface area (Å²) in [6.45, 7) is 5.02. The lowest BCUT2D eigenvalue weighted by Crippen LogP contribution is -2.42. The Bertz CT molecular complexity index is 1200. The Kier molecular flexibility index (Phi) is 5.45. The Morgan fingerprint density at radius 1 is 1.03 bits per heavy atom. The van der Waals surface area contributed by atoms with Crippen molar-refractivity contribution in [3.8, 4) is 5.69 Å². The van der Waals surface area contributed by atoms with Crippen LogP contribution < -0.4 is 16.6 Å². The van der Waals surface area contributed by atoms with E-state index in [1.54, 1.807) is 20.8 Å². The summed E-state index contributed by atoms with van der Waals surface area (Å²) in [6.07, 6.45) is 1.18. The number of aryl methyl sites for hydroxylation is 1. The van der Waals surface area contributed by atoms with Crippen molar-refractivity contribution in [3.63, 3.8) is 0 Å². The first-order chi connectivity index (χ1) is 13.7. The van der Waals surface area contributed by atoms with E-state index in [2.05, 4.69) is 5.32 Å². The average Bonchev–Trinajstić information content (AvgIpc) is 2.66. The number of amides is 1. The van der Waals surface area contributed by atoms with Crippen LogP contribution in [0.15, 0.2) is 58.3 Å². The highest BCUT2D eigenvalue weighted by Crippen LogP contribution is 2.15. The number of carbonyl (C=O) groups excluding carboxylic acids is 1. The van der Waals surface area contributed by atoms with Crippen molar-refractivity contribution in [2.24, 2.45) is 0 Å². The van der Waals surface area contributed by atoms with Gasteiger partial charge in [0.15, 0.2) is 0 Å². The predicted octanol–water partition coefficient (Wildman–Crippen LogP) is 3.42. The Balaban J connectivity index is 2.14. The van der Waals surface area contributed by atoms with Gasteiger partial charge in [-0.25, -0.2) is 18.1 Å². The van der Waals surface area contributed by atoms with E-state index >= 15 is 0 Å². The first-order valence-corrected chi connectivity index (χ1v) is 8.90. The van der Waals surface area contributed by atoms with Gasteiger partial charge in [0, 0.05) is 17.9 Å². The Hall–Kier alpha value is -3.55. The van der Waals surface area contributed by atoms with Gasteiger partial charge in [0.05, 0.1) is 5.69 Å². The highest BCUT2D eigenvalue weighted by Gasteiger charge is 2.20. The van der Waals surface area contributed by atoms with Crippen LogP contribution in [-0.2, 0) is 0 Å². The molecule has 0 radical (unpaired) electrons. The fraction of sp³-hybridized carbons (Fsp3) is 0.190. The molecule has 0 fully saturated rings. The molecule has 0 aliphatic heterocycles. The molecule has 0 atom stereocenters. The lowest BCUT2D eigenvalue weighted by atomic mass is 10.2. The molecule has 0 saturated carbocycles. The second-order valence-electron chi connectivity index (χ2n) is 6.86. The van der Waals surface area contributed by atoms with Crippen LogP contribution in [0, 0.1) is 18.6 Å².